The first-order valence-corrected chi connectivity index (χ1v) is 14.0. The Balaban J connectivity index is 1.60. The van der Waals surface area contributed by atoms with E-state index in [-0.39, 0.29) is 16.2 Å². The monoisotopic (exact) mass is 760 g/mol. The van der Waals surface area contributed by atoms with Crippen molar-refractivity contribution in [1.82, 2.24) is 29.9 Å². The number of rotatable bonds is 12. The van der Waals surface area contributed by atoms with Gasteiger partial charge in [-0.15, -0.1) is 5.10 Å². The minimum atomic E-state index is -8.03. The summed E-state index contributed by atoms with van der Waals surface area (Å²) in [7, 11) is 0. The molecule has 0 radical (unpaired) electrons. The third-order valence-corrected chi connectivity index (χ3v) is 7.14. The number of halogens is 16. The molecular weight excluding hydrogens is 740 g/mol. The molecular formula is C28H20F16N6O. The van der Waals surface area contributed by atoms with Crippen molar-refractivity contribution in [3.8, 4) is 17.1 Å². The zero-order valence-electron chi connectivity index (χ0n) is 25.4. The molecule has 4 aromatic rings. The molecule has 0 fully saturated rings. The third-order valence-electron chi connectivity index (χ3n) is 7.14. The standard InChI is InChI=1S/C28H20F16N6O/c1-13(2)19-46-20-18(16(23(31,32)33)10-17(45-20)14-6-4-3-5-7-14)21(47-19)51-12-15-11-50(49-48-15)9-8-22(29,30)24(34,35)25(36,37)26(38,39)27(40,41)28(42,43)44/h3-7,10-11,13H,8-9,12H2,1-2H3. The molecule has 1 aromatic carbocycles. The zero-order chi connectivity index (χ0) is 38.6. The van der Waals surface area contributed by atoms with E-state index < -0.39 is 95.6 Å². The van der Waals surface area contributed by atoms with Crippen molar-refractivity contribution < 1.29 is 75.0 Å². The van der Waals surface area contributed by atoms with Crippen molar-refractivity contribution in [2.24, 2.45) is 0 Å². The van der Waals surface area contributed by atoms with E-state index in [1.165, 1.54) is 12.1 Å². The molecule has 51 heavy (non-hydrogen) atoms. The van der Waals surface area contributed by atoms with Crippen LogP contribution in [0.25, 0.3) is 22.3 Å². The molecule has 0 saturated carbocycles. The highest BCUT2D eigenvalue weighted by molar-refractivity contribution is 5.87. The number of benzene rings is 1. The van der Waals surface area contributed by atoms with E-state index in [0.717, 1.165) is 0 Å². The highest BCUT2D eigenvalue weighted by Crippen LogP contribution is 2.60. The van der Waals surface area contributed by atoms with Crippen molar-refractivity contribution >= 4 is 11.0 Å². The van der Waals surface area contributed by atoms with Crippen LogP contribution in [0, 0.1) is 0 Å². The van der Waals surface area contributed by atoms with Gasteiger partial charge in [0.2, 0.25) is 5.88 Å². The Morgan fingerprint density at radius 1 is 0.725 bits per heavy atom. The first-order valence-electron chi connectivity index (χ1n) is 14.0. The van der Waals surface area contributed by atoms with Crippen LogP contribution in [0.1, 0.15) is 43.3 Å². The Kier molecular flexibility index (Phi) is 9.98. The van der Waals surface area contributed by atoms with Crippen LogP contribution in [0.2, 0.25) is 0 Å². The Labute approximate surface area is 274 Å². The van der Waals surface area contributed by atoms with E-state index in [1.54, 1.807) is 32.0 Å². The molecule has 280 valence electrons. The second-order valence-corrected chi connectivity index (χ2v) is 11.2. The van der Waals surface area contributed by atoms with Crippen LogP contribution in [-0.2, 0) is 19.3 Å². The summed E-state index contributed by atoms with van der Waals surface area (Å²) in [5, 5.41) is 5.86. The maximum Gasteiger partial charge on any atom is 0.460 e. The lowest BCUT2D eigenvalue weighted by Gasteiger charge is -2.39. The van der Waals surface area contributed by atoms with Gasteiger partial charge in [0.05, 0.1) is 22.8 Å². The van der Waals surface area contributed by atoms with Crippen LogP contribution >= 0.6 is 0 Å². The molecule has 0 aliphatic rings. The summed E-state index contributed by atoms with van der Waals surface area (Å²) in [5.41, 5.74) is -1.98. The van der Waals surface area contributed by atoms with Gasteiger partial charge in [-0.05, 0) is 6.07 Å². The van der Waals surface area contributed by atoms with Gasteiger partial charge in [0.1, 0.15) is 18.1 Å². The van der Waals surface area contributed by atoms with Crippen molar-refractivity contribution in [2.45, 2.75) is 81.3 Å². The minimum Gasteiger partial charge on any atom is -0.470 e. The van der Waals surface area contributed by atoms with Gasteiger partial charge in [-0.1, -0.05) is 49.4 Å². The van der Waals surface area contributed by atoms with Crippen LogP contribution in [0.3, 0.4) is 0 Å². The summed E-state index contributed by atoms with van der Waals surface area (Å²) in [4.78, 5) is 12.3. The number of pyridine rings is 1. The van der Waals surface area contributed by atoms with Crippen LogP contribution in [0.15, 0.2) is 42.6 Å². The maximum atomic E-state index is 14.3. The quantitative estimate of drug-likeness (QED) is 0.134. The molecule has 23 heteroatoms. The number of fused-ring (bicyclic) bond motifs is 1. The maximum absolute atomic E-state index is 14.3. The van der Waals surface area contributed by atoms with E-state index in [0.29, 0.717) is 17.8 Å². The van der Waals surface area contributed by atoms with Gasteiger partial charge in [-0.25, -0.2) is 9.97 Å². The van der Waals surface area contributed by atoms with Gasteiger partial charge in [0, 0.05) is 24.4 Å². The number of nitrogens with zero attached hydrogens (tertiary/aromatic N) is 6. The molecule has 3 heterocycles. The Morgan fingerprint density at radius 3 is 1.86 bits per heavy atom. The van der Waals surface area contributed by atoms with E-state index >= 15 is 0 Å². The molecule has 0 bridgehead atoms. The largest absolute Gasteiger partial charge is 0.470 e. The van der Waals surface area contributed by atoms with Gasteiger partial charge in [-0.3, -0.25) is 4.68 Å². The molecule has 4 rings (SSSR count). The van der Waals surface area contributed by atoms with Crippen molar-refractivity contribution in [3.63, 3.8) is 0 Å². The van der Waals surface area contributed by atoms with Gasteiger partial charge in [0.25, 0.3) is 0 Å². The fourth-order valence-corrected chi connectivity index (χ4v) is 4.33. The number of hydrogen-bond donors (Lipinski definition) is 0. The minimum absolute atomic E-state index is 0.0366. The van der Waals surface area contributed by atoms with Crippen LogP contribution in [0.5, 0.6) is 5.88 Å². The molecule has 0 amide bonds. The van der Waals surface area contributed by atoms with Gasteiger partial charge >= 0.3 is 42.0 Å². The average Bonchev–Trinajstić information content (AvgIpc) is 3.48. The topological polar surface area (TPSA) is 78.6 Å². The van der Waals surface area contributed by atoms with Crippen LogP contribution in [0.4, 0.5) is 70.2 Å². The van der Waals surface area contributed by atoms with Crippen molar-refractivity contribution in [2.75, 3.05) is 0 Å². The number of aromatic nitrogens is 6. The Bertz CT molecular complexity index is 1860. The second kappa shape index (κ2) is 12.9. The molecule has 0 N–H and O–H groups in total. The molecule has 7 nitrogen and oxygen atoms in total. The molecule has 0 aliphatic carbocycles. The number of hydrogen-bond acceptors (Lipinski definition) is 6. The predicted octanol–water partition coefficient (Wildman–Crippen LogP) is 9.13. The lowest BCUT2D eigenvalue weighted by atomic mass is 9.92. The number of alkyl halides is 16. The lowest BCUT2D eigenvalue weighted by molar-refractivity contribution is -0.440. The summed E-state index contributed by atoms with van der Waals surface area (Å²) in [6.45, 7) is 0.719. The Hall–Kier alpha value is -4.47. The summed E-state index contributed by atoms with van der Waals surface area (Å²) < 4.78 is 222. The predicted molar refractivity (Wildman–Crippen MR) is 142 cm³/mol. The molecule has 3 aromatic heterocycles. The first kappa shape index (κ1) is 39.3. The summed E-state index contributed by atoms with van der Waals surface area (Å²) in [6.07, 6.45) is -14.5. The molecule has 0 atom stereocenters. The van der Waals surface area contributed by atoms with E-state index in [2.05, 4.69) is 25.3 Å². The van der Waals surface area contributed by atoms with Crippen LogP contribution < -0.4 is 4.74 Å². The number of ether oxygens (including phenoxy) is 1. The van der Waals surface area contributed by atoms with E-state index in [9.17, 15) is 70.2 Å². The summed E-state index contributed by atoms with van der Waals surface area (Å²) >= 11 is 0. The molecule has 0 unspecified atom stereocenters. The normalized spacial score (nSPS) is 14.1. The van der Waals surface area contributed by atoms with Crippen molar-refractivity contribution in [1.29, 1.82) is 0 Å². The van der Waals surface area contributed by atoms with Gasteiger partial charge in [-0.2, -0.15) is 75.2 Å². The fraction of sp³-hybridized carbons (Fsp3) is 0.464. The highest BCUT2D eigenvalue weighted by atomic mass is 19.4. The van der Waals surface area contributed by atoms with E-state index in [4.69, 9.17) is 4.74 Å². The molecule has 0 aliphatic heterocycles. The third kappa shape index (κ3) is 7.06. The van der Waals surface area contributed by atoms with Crippen molar-refractivity contribution in [3.05, 3.63) is 59.7 Å². The fourth-order valence-electron chi connectivity index (χ4n) is 4.33. The van der Waals surface area contributed by atoms with Gasteiger partial charge < -0.3 is 4.74 Å². The molecule has 0 spiro atoms. The second-order valence-electron chi connectivity index (χ2n) is 11.2. The highest BCUT2D eigenvalue weighted by Gasteiger charge is 2.90. The first-order chi connectivity index (χ1) is 23.2. The Morgan fingerprint density at radius 2 is 1.31 bits per heavy atom. The molecule has 0 saturated heterocycles. The summed E-state index contributed by atoms with van der Waals surface area (Å²) in [6, 6.07) is 8.40. The average molecular weight is 760 g/mol. The van der Waals surface area contributed by atoms with Gasteiger partial charge in [0.15, 0.2) is 5.65 Å². The van der Waals surface area contributed by atoms with E-state index in [1.807, 2.05) is 0 Å². The SMILES string of the molecule is CC(C)c1nc(OCc2cn(CCC(F)(F)C(F)(F)C(F)(F)C(F)(F)C(F)(F)C(F)(F)F)nn2)c2c(C(F)(F)F)cc(-c3ccccc3)nc2n1. The zero-order valence-corrected chi connectivity index (χ0v) is 25.4. The number of aryl methyl sites for hydroxylation is 1. The lowest BCUT2D eigenvalue weighted by Crippen LogP contribution is -2.70. The summed E-state index contributed by atoms with van der Waals surface area (Å²) in [5.74, 6) is -38.9. The smallest absolute Gasteiger partial charge is 0.460 e. The van der Waals surface area contributed by atoms with Crippen LogP contribution in [-0.4, -0.2) is 65.7 Å².